The predicted molar refractivity (Wildman–Crippen MR) is 133 cm³/mol. The quantitative estimate of drug-likeness (QED) is 0.401. The molecule has 32 heavy (non-hydrogen) atoms. The van der Waals surface area contributed by atoms with E-state index in [4.69, 9.17) is 16.3 Å². The highest BCUT2D eigenvalue weighted by atomic mass is 35.5. The minimum Gasteiger partial charge on any atom is -0.497 e. The zero-order valence-electron chi connectivity index (χ0n) is 17.8. The van der Waals surface area contributed by atoms with Crippen molar-refractivity contribution >= 4 is 57.7 Å². The lowest BCUT2D eigenvalue weighted by atomic mass is 10.0. The van der Waals surface area contributed by atoms with Crippen LogP contribution in [0.15, 0.2) is 59.2 Å². The largest absolute Gasteiger partial charge is 0.497 e. The summed E-state index contributed by atoms with van der Waals surface area (Å²) in [5, 5.41) is 4.61. The second-order valence-corrected chi connectivity index (χ2v) is 9.67. The van der Waals surface area contributed by atoms with Crippen molar-refractivity contribution in [1.82, 2.24) is 9.59 Å². The first-order chi connectivity index (χ1) is 15.5. The van der Waals surface area contributed by atoms with Gasteiger partial charge >= 0.3 is 0 Å². The van der Waals surface area contributed by atoms with Crippen LogP contribution in [0.25, 0.3) is 6.08 Å². The molecule has 0 saturated carbocycles. The predicted octanol–water partition coefficient (Wildman–Crippen LogP) is 6.00. The van der Waals surface area contributed by atoms with Crippen LogP contribution in [0.3, 0.4) is 0 Å². The van der Waals surface area contributed by atoms with Crippen molar-refractivity contribution < 1.29 is 9.53 Å². The second-order valence-electron chi connectivity index (χ2n) is 7.37. The van der Waals surface area contributed by atoms with Crippen LogP contribution in [0.1, 0.15) is 36.6 Å². The first-order valence-corrected chi connectivity index (χ1v) is 12.1. The molecule has 2 aromatic carbocycles. The fourth-order valence-corrected chi connectivity index (χ4v) is 4.87. The summed E-state index contributed by atoms with van der Waals surface area (Å²) in [7, 11) is 1.60. The van der Waals surface area contributed by atoms with E-state index in [-0.39, 0.29) is 5.91 Å². The zero-order chi connectivity index (χ0) is 22.7. The van der Waals surface area contributed by atoms with Crippen molar-refractivity contribution in [3.8, 4) is 5.75 Å². The molecule has 9 heteroatoms. The third-order valence-corrected chi connectivity index (χ3v) is 6.83. The van der Waals surface area contributed by atoms with Gasteiger partial charge in [-0.05, 0) is 35.3 Å². The average Bonchev–Trinajstić information content (AvgIpc) is 3.35. The molecule has 0 N–H and O–H groups in total. The Labute approximate surface area is 200 Å². The first kappa shape index (κ1) is 22.5. The highest BCUT2D eigenvalue weighted by Gasteiger charge is 2.32. The standard InChI is InChI=1S/C23H21ClN4O2S2/c1-14(2)16-9-7-15(8-10-16)11-19-22(29)28(17-5-4-6-18(12-17)30-3)23(25-19)31-13-20-21(24)32-27-26-20/h4-12,14H,13H2,1-3H3/b19-11+. The summed E-state index contributed by atoms with van der Waals surface area (Å²) in [6.45, 7) is 4.30. The zero-order valence-corrected chi connectivity index (χ0v) is 20.2. The number of carbonyl (C=O) groups excluding carboxylic acids is 1. The highest BCUT2D eigenvalue weighted by molar-refractivity contribution is 8.13. The molecular formula is C23H21ClN4O2S2. The van der Waals surface area contributed by atoms with Gasteiger partial charge in [0.05, 0.1) is 12.8 Å². The number of aromatic nitrogens is 2. The molecule has 0 radical (unpaired) electrons. The van der Waals surface area contributed by atoms with Crippen LogP contribution in [0, 0.1) is 0 Å². The number of thioether (sulfide) groups is 1. The Morgan fingerprint density at radius 1 is 1.22 bits per heavy atom. The van der Waals surface area contributed by atoms with Crippen LogP contribution in [0.5, 0.6) is 5.75 Å². The maximum Gasteiger partial charge on any atom is 0.283 e. The van der Waals surface area contributed by atoms with E-state index in [0.717, 1.165) is 17.1 Å². The second kappa shape index (κ2) is 9.85. The van der Waals surface area contributed by atoms with Crippen LogP contribution >= 0.6 is 34.9 Å². The number of amidine groups is 1. The van der Waals surface area contributed by atoms with E-state index >= 15 is 0 Å². The number of rotatable bonds is 6. The van der Waals surface area contributed by atoms with E-state index in [1.165, 1.54) is 17.3 Å². The average molecular weight is 485 g/mol. The molecule has 0 spiro atoms. The van der Waals surface area contributed by atoms with Crippen LogP contribution in [-0.4, -0.2) is 27.8 Å². The lowest BCUT2D eigenvalue weighted by Crippen LogP contribution is -2.30. The summed E-state index contributed by atoms with van der Waals surface area (Å²) in [6, 6.07) is 15.5. The first-order valence-electron chi connectivity index (χ1n) is 9.94. The smallest absolute Gasteiger partial charge is 0.283 e. The van der Waals surface area contributed by atoms with Gasteiger partial charge < -0.3 is 4.74 Å². The Balaban J connectivity index is 1.67. The summed E-state index contributed by atoms with van der Waals surface area (Å²) in [5.41, 5.74) is 3.89. The number of halogens is 1. The molecule has 1 aromatic heterocycles. The van der Waals surface area contributed by atoms with Gasteiger partial charge in [0.2, 0.25) is 0 Å². The van der Waals surface area contributed by atoms with E-state index in [1.807, 2.05) is 42.5 Å². The lowest BCUT2D eigenvalue weighted by molar-refractivity contribution is -0.113. The van der Waals surface area contributed by atoms with Gasteiger partial charge in [-0.1, -0.05) is 72.0 Å². The molecule has 2 heterocycles. The van der Waals surface area contributed by atoms with Gasteiger partial charge in [-0.25, -0.2) is 4.99 Å². The molecular weight excluding hydrogens is 464 g/mol. The van der Waals surface area contributed by atoms with Crippen LogP contribution in [-0.2, 0) is 10.5 Å². The van der Waals surface area contributed by atoms with E-state index in [2.05, 4.69) is 40.6 Å². The van der Waals surface area contributed by atoms with Gasteiger partial charge in [-0.3, -0.25) is 9.69 Å². The molecule has 4 rings (SSSR count). The Hall–Kier alpha value is -2.68. The molecule has 0 unspecified atom stereocenters. The van der Waals surface area contributed by atoms with Crippen molar-refractivity contribution in [2.45, 2.75) is 25.5 Å². The number of methoxy groups -OCH3 is 1. The number of nitrogens with zero attached hydrogens (tertiary/aromatic N) is 4. The number of hydrogen-bond acceptors (Lipinski definition) is 7. The van der Waals surface area contributed by atoms with Gasteiger partial charge in [-0.2, -0.15) is 0 Å². The number of anilines is 1. The van der Waals surface area contributed by atoms with E-state index in [9.17, 15) is 4.79 Å². The molecule has 0 fully saturated rings. The summed E-state index contributed by atoms with van der Waals surface area (Å²) >= 11 is 8.68. The molecule has 1 aliphatic heterocycles. The number of carbonyl (C=O) groups is 1. The Morgan fingerprint density at radius 3 is 2.66 bits per heavy atom. The Kier molecular flexibility index (Phi) is 6.93. The molecule has 3 aromatic rings. The number of hydrogen-bond donors (Lipinski definition) is 0. The maximum atomic E-state index is 13.4. The highest BCUT2D eigenvalue weighted by Crippen LogP contribution is 2.33. The lowest BCUT2D eigenvalue weighted by Gasteiger charge is -2.18. The molecule has 1 aliphatic rings. The minimum atomic E-state index is -0.198. The van der Waals surface area contributed by atoms with Gasteiger partial charge in [0.15, 0.2) is 5.17 Å². The third kappa shape index (κ3) is 4.87. The molecule has 0 aliphatic carbocycles. The topological polar surface area (TPSA) is 67.7 Å². The maximum absolute atomic E-state index is 13.4. The number of ether oxygens (including phenoxy) is 1. The van der Waals surface area contributed by atoms with E-state index in [1.54, 1.807) is 12.0 Å². The molecule has 0 atom stereocenters. The van der Waals surface area contributed by atoms with Crippen molar-refractivity contribution in [2.24, 2.45) is 4.99 Å². The van der Waals surface area contributed by atoms with Gasteiger partial charge in [0.25, 0.3) is 5.91 Å². The third-order valence-electron chi connectivity index (χ3n) is 4.90. The molecule has 6 nitrogen and oxygen atoms in total. The normalized spacial score (nSPS) is 15.0. The number of aliphatic imine (C=N–C) groups is 1. The van der Waals surface area contributed by atoms with Gasteiger partial charge in [-0.15, -0.1) is 5.10 Å². The van der Waals surface area contributed by atoms with Crippen LogP contribution < -0.4 is 9.64 Å². The van der Waals surface area contributed by atoms with Gasteiger partial charge in [0.1, 0.15) is 21.5 Å². The summed E-state index contributed by atoms with van der Waals surface area (Å²) in [5.74, 6) is 1.36. The summed E-state index contributed by atoms with van der Waals surface area (Å²) < 4.78 is 9.75. The fraction of sp³-hybridized carbons (Fsp3) is 0.217. The minimum absolute atomic E-state index is 0.198. The SMILES string of the molecule is COc1cccc(N2C(=O)/C(=C\c3ccc(C(C)C)cc3)N=C2SCc2nnsc2Cl)c1. The summed E-state index contributed by atoms with van der Waals surface area (Å²) in [4.78, 5) is 19.6. The van der Waals surface area contributed by atoms with Crippen LogP contribution in [0.4, 0.5) is 5.69 Å². The fourth-order valence-electron chi connectivity index (χ4n) is 3.12. The number of amides is 1. The van der Waals surface area contributed by atoms with Crippen molar-refractivity contribution in [3.63, 3.8) is 0 Å². The van der Waals surface area contributed by atoms with E-state index < -0.39 is 0 Å². The Morgan fingerprint density at radius 2 is 2.00 bits per heavy atom. The van der Waals surface area contributed by atoms with Gasteiger partial charge in [0, 0.05) is 23.4 Å². The molecule has 164 valence electrons. The molecule has 0 bridgehead atoms. The number of benzene rings is 2. The Bertz CT molecular complexity index is 1190. The van der Waals surface area contributed by atoms with E-state index in [0.29, 0.717) is 44.0 Å². The molecule has 0 saturated heterocycles. The summed E-state index contributed by atoms with van der Waals surface area (Å²) in [6.07, 6.45) is 1.81. The van der Waals surface area contributed by atoms with Crippen molar-refractivity contribution in [2.75, 3.05) is 12.0 Å². The van der Waals surface area contributed by atoms with Crippen molar-refractivity contribution in [1.29, 1.82) is 0 Å². The van der Waals surface area contributed by atoms with Crippen LogP contribution in [0.2, 0.25) is 4.34 Å². The van der Waals surface area contributed by atoms with Crippen molar-refractivity contribution in [3.05, 3.63) is 75.4 Å². The monoisotopic (exact) mass is 484 g/mol. The molecule has 1 amide bonds.